The number of piperidine rings is 1. The second kappa shape index (κ2) is 11.0. The minimum absolute atomic E-state index is 0.250. The second-order valence-electron chi connectivity index (χ2n) is 7.14. The van der Waals surface area contributed by atoms with Crippen molar-refractivity contribution in [3.63, 3.8) is 0 Å². The highest BCUT2D eigenvalue weighted by atomic mass is 32.1. The van der Waals surface area contributed by atoms with E-state index in [1.54, 1.807) is 0 Å². The van der Waals surface area contributed by atoms with Crippen LogP contribution >= 0.6 is 11.3 Å². The summed E-state index contributed by atoms with van der Waals surface area (Å²) in [7, 11) is 0. The maximum atomic E-state index is 12.1. The molecule has 0 spiro atoms. The van der Waals surface area contributed by atoms with Crippen LogP contribution in [0.1, 0.15) is 34.8 Å². The topological polar surface area (TPSA) is 124 Å². The molecule has 2 heterocycles. The number of likely N-dealkylation sites (tertiary alicyclic amines) is 1. The van der Waals surface area contributed by atoms with Gasteiger partial charge in [0.2, 0.25) is 0 Å². The first kappa shape index (κ1) is 22.9. The average Bonchev–Trinajstić information content (AvgIpc) is 3.10. The Morgan fingerprint density at radius 3 is 2.62 bits per heavy atom. The number of aliphatic hydroxyl groups is 1. The quantitative estimate of drug-likeness (QED) is 0.581. The highest BCUT2D eigenvalue weighted by molar-refractivity contribution is 7.11. The summed E-state index contributed by atoms with van der Waals surface area (Å²) < 4.78 is 0. The molecule has 3 N–H and O–H groups in total. The fourth-order valence-electron chi connectivity index (χ4n) is 3.71. The molecule has 8 nitrogen and oxygen atoms in total. The van der Waals surface area contributed by atoms with Crippen molar-refractivity contribution in [3.8, 4) is 0 Å². The molecule has 3 rings (SSSR count). The summed E-state index contributed by atoms with van der Waals surface area (Å²) in [6.45, 7) is 3.27. The van der Waals surface area contributed by atoms with Gasteiger partial charge in [-0.25, -0.2) is 0 Å². The fourth-order valence-corrected chi connectivity index (χ4v) is 4.46. The smallest absolute Gasteiger partial charge is 0.313 e. The third-order valence-corrected chi connectivity index (χ3v) is 5.97. The van der Waals surface area contributed by atoms with Crippen LogP contribution in [0.15, 0.2) is 30.3 Å². The van der Waals surface area contributed by atoms with E-state index < -0.39 is 17.5 Å². The van der Waals surface area contributed by atoms with Gasteiger partial charge in [0.25, 0.3) is 6.47 Å². The van der Waals surface area contributed by atoms with Gasteiger partial charge in [-0.15, -0.1) is 21.5 Å². The van der Waals surface area contributed by atoms with Crippen LogP contribution in [0.4, 0.5) is 0 Å². The van der Waals surface area contributed by atoms with Crippen molar-refractivity contribution >= 4 is 23.8 Å². The van der Waals surface area contributed by atoms with Crippen LogP contribution in [0.25, 0.3) is 0 Å². The van der Waals surface area contributed by atoms with E-state index >= 15 is 0 Å². The SMILES string of the molecule is Cc1nnc(CN2CC[C@H](O)[C@](CCCc3ccccc3)(C(=O)O)C2)s1.O=CO. The molecule has 0 radical (unpaired) electrons. The second-order valence-corrected chi connectivity index (χ2v) is 8.40. The zero-order valence-electron chi connectivity index (χ0n) is 16.4. The van der Waals surface area contributed by atoms with E-state index in [1.165, 1.54) is 16.9 Å². The molecule has 1 aliphatic heterocycles. The van der Waals surface area contributed by atoms with Crippen molar-refractivity contribution in [1.29, 1.82) is 0 Å². The standard InChI is InChI=1S/C19H25N3O3S.CH2O2/c1-14-20-21-17(26-14)12-22-11-9-16(23)19(13-22,18(24)25)10-5-8-15-6-3-2-4-7-15;2-1-3/h2-4,6-7,16,23H,5,8-13H2,1H3,(H,24,25);1H,(H,2,3)/t16-,19+;/m0./s1. The molecule has 158 valence electrons. The molecular formula is C20H27N3O5S. The van der Waals surface area contributed by atoms with E-state index in [0.717, 1.165) is 22.9 Å². The Balaban J connectivity index is 0.000000941. The highest BCUT2D eigenvalue weighted by Crippen LogP contribution is 2.36. The third kappa shape index (κ3) is 6.31. The Hall–Kier alpha value is -2.36. The van der Waals surface area contributed by atoms with Gasteiger partial charge >= 0.3 is 5.97 Å². The van der Waals surface area contributed by atoms with Crippen LogP contribution in [0.5, 0.6) is 0 Å². The van der Waals surface area contributed by atoms with Crippen molar-refractivity contribution < 1.29 is 24.9 Å². The van der Waals surface area contributed by atoms with E-state index in [4.69, 9.17) is 9.90 Å². The number of carboxylic acids is 1. The molecule has 29 heavy (non-hydrogen) atoms. The number of aliphatic hydroxyl groups excluding tert-OH is 1. The van der Waals surface area contributed by atoms with Gasteiger partial charge in [-0.3, -0.25) is 14.5 Å². The Labute approximate surface area is 173 Å². The van der Waals surface area contributed by atoms with Gasteiger partial charge in [0.15, 0.2) is 0 Å². The maximum absolute atomic E-state index is 12.1. The van der Waals surface area contributed by atoms with Crippen LogP contribution in [-0.4, -0.2) is 62.1 Å². The van der Waals surface area contributed by atoms with Gasteiger partial charge in [0.05, 0.1) is 12.6 Å². The summed E-state index contributed by atoms with van der Waals surface area (Å²) in [4.78, 5) is 22.6. The molecule has 1 aromatic heterocycles. The van der Waals surface area contributed by atoms with Gasteiger partial charge in [0, 0.05) is 13.1 Å². The monoisotopic (exact) mass is 421 g/mol. The summed E-state index contributed by atoms with van der Waals surface area (Å²) >= 11 is 1.53. The van der Waals surface area contributed by atoms with Gasteiger partial charge in [-0.1, -0.05) is 30.3 Å². The summed E-state index contributed by atoms with van der Waals surface area (Å²) in [6.07, 6.45) is 1.67. The Morgan fingerprint density at radius 2 is 2.03 bits per heavy atom. The number of aliphatic carboxylic acids is 1. The first-order valence-electron chi connectivity index (χ1n) is 9.46. The third-order valence-electron chi connectivity index (χ3n) is 5.15. The summed E-state index contributed by atoms with van der Waals surface area (Å²) in [5.74, 6) is -0.906. The first-order valence-corrected chi connectivity index (χ1v) is 10.3. The van der Waals surface area contributed by atoms with Gasteiger partial charge < -0.3 is 15.3 Å². The Bertz CT molecular complexity index is 785. The van der Waals surface area contributed by atoms with Crippen LogP contribution in [-0.2, 0) is 22.6 Å². The number of aryl methyl sites for hydroxylation is 2. The lowest BCUT2D eigenvalue weighted by Crippen LogP contribution is -2.55. The number of benzene rings is 1. The van der Waals surface area contributed by atoms with Crippen molar-refractivity contribution in [2.75, 3.05) is 13.1 Å². The normalized spacial score (nSPS) is 21.8. The number of hydrogen-bond acceptors (Lipinski definition) is 7. The maximum Gasteiger partial charge on any atom is 0.313 e. The molecule has 1 saturated heterocycles. The van der Waals surface area contributed by atoms with Crippen LogP contribution in [0, 0.1) is 12.3 Å². The molecule has 9 heteroatoms. The summed E-state index contributed by atoms with van der Waals surface area (Å²) in [5.41, 5.74) is 0.0757. The molecular weight excluding hydrogens is 394 g/mol. The number of aromatic nitrogens is 2. The number of hydrogen-bond donors (Lipinski definition) is 3. The molecule has 0 saturated carbocycles. The fraction of sp³-hybridized carbons (Fsp3) is 0.500. The van der Waals surface area contributed by atoms with Gasteiger partial charge in [-0.2, -0.15) is 0 Å². The van der Waals surface area contributed by atoms with E-state index in [0.29, 0.717) is 32.5 Å². The van der Waals surface area contributed by atoms with Crippen molar-refractivity contribution in [3.05, 3.63) is 45.9 Å². The zero-order chi connectivity index (χ0) is 21.3. The predicted octanol–water partition coefficient (Wildman–Crippen LogP) is 2.21. The van der Waals surface area contributed by atoms with Crippen molar-refractivity contribution in [1.82, 2.24) is 15.1 Å². The number of carbonyl (C=O) groups is 2. The molecule has 0 aliphatic carbocycles. The molecule has 2 atom stereocenters. The van der Waals surface area contributed by atoms with E-state index in [-0.39, 0.29) is 6.47 Å². The Kier molecular flexibility index (Phi) is 8.69. The molecule has 0 unspecified atom stereocenters. The van der Waals surface area contributed by atoms with Crippen molar-refractivity contribution in [2.24, 2.45) is 5.41 Å². The summed E-state index contributed by atoms with van der Waals surface area (Å²) in [6, 6.07) is 10.1. The molecule has 0 amide bonds. The summed E-state index contributed by atoms with van der Waals surface area (Å²) in [5, 5.41) is 37.3. The van der Waals surface area contributed by atoms with Crippen molar-refractivity contribution in [2.45, 2.75) is 45.3 Å². The number of nitrogens with zero attached hydrogens (tertiary/aromatic N) is 3. The minimum Gasteiger partial charge on any atom is -0.483 e. The highest BCUT2D eigenvalue weighted by Gasteiger charge is 2.48. The van der Waals surface area contributed by atoms with E-state index in [1.807, 2.05) is 25.1 Å². The molecule has 1 fully saturated rings. The minimum atomic E-state index is -1.12. The zero-order valence-corrected chi connectivity index (χ0v) is 17.2. The largest absolute Gasteiger partial charge is 0.483 e. The number of rotatable bonds is 7. The molecule has 2 aromatic rings. The molecule has 0 bridgehead atoms. The number of carboxylic acid groups (broad SMARTS) is 2. The van der Waals surface area contributed by atoms with Crippen LogP contribution < -0.4 is 0 Å². The van der Waals surface area contributed by atoms with E-state index in [9.17, 15) is 15.0 Å². The lowest BCUT2D eigenvalue weighted by Gasteiger charge is -2.43. The molecule has 1 aromatic carbocycles. The first-order chi connectivity index (χ1) is 13.9. The van der Waals surface area contributed by atoms with Crippen LogP contribution in [0.2, 0.25) is 0 Å². The lowest BCUT2D eigenvalue weighted by molar-refractivity contribution is -0.164. The van der Waals surface area contributed by atoms with Gasteiger partial charge in [0.1, 0.15) is 15.4 Å². The lowest BCUT2D eigenvalue weighted by atomic mass is 9.73. The Morgan fingerprint density at radius 1 is 1.34 bits per heavy atom. The van der Waals surface area contributed by atoms with Crippen LogP contribution in [0.3, 0.4) is 0 Å². The van der Waals surface area contributed by atoms with E-state index in [2.05, 4.69) is 27.2 Å². The average molecular weight is 422 g/mol. The molecule has 1 aliphatic rings. The van der Waals surface area contributed by atoms with Gasteiger partial charge in [-0.05, 0) is 38.2 Å². The predicted molar refractivity (Wildman–Crippen MR) is 109 cm³/mol.